The van der Waals surface area contributed by atoms with Gasteiger partial charge in [0.1, 0.15) is 0 Å². The molecular weight excluding hydrogens is 230 g/mol. The topological polar surface area (TPSA) is 94.5 Å². The zero-order chi connectivity index (χ0) is 4.24. The molecule has 1 aliphatic rings. The Labute approximate surface area is 64.0 Å². The monoisotopic (exact) mass is 240 g/mol. The van der Waals surface area contributed by atoms with Crippen molar-refractivity contribution in [3.05, 3.63) is 22.3 Å². The molecule has 3 nitrogen and oxygen atoms in total. The van der Waals surface area contributed by atoms with Crippen molar-refractivity contribution in [2.75, 3.05) is 0 Å². The summed E-state index contributed by atoms with van der Waals surface area (Å²) in [4.78, 5) is 0. The standard InChI is InChI=1S/C5H5.3H2O.Sb/c1-3-5-4-2;;;;/h1-5H;3*1H2;. The second-order valence-corrected chi connectivity index (χ2v) is 3.58. The molecule has 1 rings (SSSR count). The van der Waals surface area contributed by atoms with Crippen molar-refractivity contribution in [1.29, 1.82) is 0 Å². The molecule has 6 N–H and O–H groups in total. The molecule has 0 fully saturated rings. The molecule has 0 radical (unpaired) electrons. The SMILES string of the molecule is C1=C[CH]=[Sb][CH]=C1.O.O.O. The second kappa shape index (κ2) is 10.9. The fourth-order valence-corrected chi connectivity index (χ4v) is 1.73. The van der Waals surface area contributed by atoms with Gasteiger partial charge in [-0.3, -0.25) is 0 Å². The van der Waals surface area contributed by atoms with Crippen molar-refractivity contribution < 1.29 is 16.4 Å². The van der Waals surface area contributed by atoms with E-state index in [1.165, 1.54) is 0 Å². The molecule has 0 aliphatic carbocycles. The van der Waals surface area contributed by atoms with Gasteiger partial charge in [0.2, 0.25) is 0 Å². The molecule has 0 unspecified atom stereocenters. The van der Waals surface area contributed by atoms with Crippen molar-refractivity contribution in [3.63, 3.8) is 0 Å². The molecular formula is C5H11O3Sb. The number of allylic oxidation sites excluding steroid dienone is 3. The Morgan fingerprint density at radius 1 is 0.778 bits per heavy atom. The Bertz CT molecular complexity index is 81.6. The zero-order valence-electron chi connectivity index (χ0n) is 4.83. The maximum Gasteiger partial charge on any atom is -0.412 e. The van der Waals surface area contributed by atoms with Gasteiger partial charge < -0.3 is 16.4 Å². The van der Waals surface area contributed by atoms with Gasteiger partial charge in [-0.05, 0) is 0 Å². The van der Waals surface area contributed by atoms with Gasteiger partial charge in [0, 0.05) is 0 Å². The molecule has 9 heavy (non-hydrogen) atoms. The quantitative estimate of drug-likeness (QED) is 0.443. The van der Waals surface area contributed by atoms with E-state index in [0.29, 0.717) is 0 Å². The number of hydrogen-bond donors (Lipinski definition) is 0. The van der Waals surface area contributed by atoms with E-state index < -0.39 is 0 Å². The first-order valence-corrected chi connectivity index (χ1v) is 4.80. The van der Waals surface area contributed by atoms with Crippen molar-refractivity contribution >= 4 is 25.1 Å². The van der Waals surface area contributed by atoms with Gasteiger partial charge in [-0.15, -0.1) is 0 Å². The van der Waals surface area contributed by atoms with Crippen LogP contribution in [0.2, 0.25) is 0 Å². The molecule has 54 valence electrons. The summed E-state index contributed by atoms with van der Waals surface area (Å²) < 4.78 is 4.55. The molecule has 0 saturated heterocycles. The van der Waals surface area contributed by atoms with E-state index >= 15 is 0 Å². The van der Waals surface area contributed by atoms with Crippen molar-refractivity contribution in [2.45, 2.75) is 0 Å². The Hall–Kier alpha value is 0.0482. The average molecular weight is 241 g/mol. The van der Waals surface area contributed by atoms with Crippen LogP contribution < -0.4 is 0 Å². The summed E-state index contributed by atoms with van der Waals surface area (Å²) in [5.74, 6) is 0. The third kappa shape index (κ3) is 8.05. The Balaban J connectivity index is -0.000000120. The zero-order valence-corrected chi connectivity index (χ0v) is 7.39. The molecule has 0 aromatic carbocycles. The third-order valence-electron chi connectivity index (χ3n) is 0.566. The van der Waals surface area contributed by atoms with E-state index in [9.17, 15) is 0 Å². The predicted octanol–water partition coefficient (Wildman–Crippen LogP) is -1.90. The van der Waals surface area contributed by atoms with E-state index in [1.807, 2.05) is 0 Å². The van der Waals surface area contributed by atoms with Crippen molar-refractivity contribution in [3.8, 4) is 0 Å². The first-order chi connectivity index (χ1) is 3.00. The molecule has 0 aromatic heterocycles. The third-order valence-corrected chi connectivity index (χ3v) is 2.53. The van der Waals surface area contributed by atoms with Crippen LogP contribution in [0, 0.1) is 0 Å². The van der Waals surface area contributed by atoms with Crippen LogP contribution in [-0.4, -0.2) is 41.5 Å². The minimum atomic E-state index is 0. The van der Waals surface area contributed by atoms with E-state index in [-0.39, 0.29) is 37.6 Å². The van der Waals surface area contributed by atoms with Crippen molar-refractivity contribution in [1.82, 2.24) is 0 Å². The minimum absolute atomic E-state index is 0. The molecule has 4 heteroatoms. The van der Waals surface area contributed by atoms with Crippen LogP contribution in [0.25, 0.3) is 0 Å². The van der Waals surface area contributed by atoms with Gasteiger partial charge in [-0.2, -0.15) is 0 Å². The van der Waals surface area contributed by atoms with Crippen LogP contribution >= 0.6 is 0 Å². The van der Waals surface area contributed by atoms with Crippen LogP contribution in [0.4, 0.5) is 0 Å². The largest absolute Gasteiger partial charge is 0.412 e. The van der Waals surface area contributed by atoms with E-state index in [1.54, 1.807) is 0 Å². The van der Waals surface area contributed by atoms with Crippen LogP contribution in [0.1, 0.15) is 0 Å². The maximum absolute atomic E-state index is 2.28. The normalized spacial score (nSPS) is 10.7. The van der Waals surface area contributed by atoms with Gasteiger partial charge in [0.25, 0.3) is 0 Å². The average Bonchev–Trinajstić information content (AvgIpc) is 1.72. The fraction of sp³-hybridized carbons (Fsp3) is 0. The molecule has 0 saturated carbocycles. The first kappa shape index (κ1) is 16.0. The second-order valence-electron chi connectivity index (χ2n) is 1.02. The number of hydrogen-bond acceptors (Lipinski definition) is 0. The number of rotatable bonds is 0. The minimum Gasteiger partial charge on any atom is -0.412 e. The van der Waals surface area contributed by atoms with E-state index in [4.69, 9.17) is 0 Å². The Kier molecular flexibility index (Phi) is 19.5. The van der Waals surface area contributed by atoms with Gasteiger partial charge in [0.05, 0.1) is 0 Å². The van der Waals surface area contributed by atoms with Gasteiger partial charge >= 0.3 is 47.3 Å². The molecule has 0 bridgehead atoms. The summed E-state index contributed by atoms with van der Waals surface area (Å²) in [6.07, 6.45) is 6.31. The first-order valence-electron chi connectivity index (χ1n) is 1.85. The summed E-state index contributed by atoms with van der Waals surface area (Å²) in [5, 5.41) is 0. The van der Waals surface area contributed by atoms with E-state index in [0.717, 1.165) is 0 Å². The van der Waals surface area contributed by atoms with E-state index in [2.05, 4.69) is 26.2 Å². The molecule has 0 spiro atoms. The predicted molar refractivity (Wildman–Crippen MR) is 40.9 cm³/mol. The Morgan fingerprint density at radius 2 is 1.44 bits per heavy atom. The van der Waals surface area contributed by atoms with Crippen LogP contribution in [-0.2, 0) is 0 Å². The van der Waals surface area contributed by atoms with Gasteiger partial charge in [-0.1, -0.05) is 0 Å². The summed E-state index contributed by atoms with van der Waals surface area (Å²) in [7, 11) is 0. The molecule has 0 aromatic rings. The Morgan fingerprint density at radius 3 is 1.56 bits per heavy atom. The van der Waals surface area contributed by atoms with Crippen molar-refractivity contribution in [2.24, 2.45) is 0 Å². The van der Waals surface area contributed by atoms with Gasteiger partial charge in [0.15, 0.2) is 0 Å². The van der Waals surface area contributed by atoms with Gasteiger partial charge in [-0.25, -0.2) is 0 Å². The summed E-state index contributed by atoms with van der Waals surface area (Å²) in [6.45, 7) is 0. The summed E-state index contributed by atoms with van der Waals surface area (Å²) in [5.41, 5.74) is 0. The van der Waals surface area contributed by atoms with Crippen LogP contribution in [0.3, 0.4) is 0 Å². The van der Waals surface area contributed by atoms with Crippen LogP contribution in [0.15, 0.2) is 22.3 Å². The maximum atomic E-state index is 2.28. The fourth-order valence-electron chi connectivity index (χ4n) is 0.313. The molecule has 1 heterocycles. The summed E-state index contributed by atoms with van der Waals surface area (Å²) >= 11 is 0.0368. The van der Waals surface area contributed by atoms with Crippen LogP contribution in [0.5, 0.6) is 0 Å². The molecule has 0 atom stereocenters. The summed E-state index contributed by atoms with van der Waals surface area (Å²) in [6, 6.07) is 0. The molecule has 0 amide bonds. The smallest absolute Gasteiger partial charge is 0.412 e. The molecule has 1 aliphatic heterocycles.